The third-order valence-corrected chi connectivity index (χ3v) is 3.38. The number of carbonyl (C=O) groups is 5. The first-order valence-corrected chi connectivity index (χ1v) is 8.17. The molecule has 27 heavy (non-hydrogen) atoms. The van der Waals surface area contributed by atoms with Gasteiger partial charge >= 0.3 is 23.9 Å². The van der Waals surface area contributed by atoms with Crippen LogP contribution < -0.4 is 0 Å². The number of esters is 4. The second-order valence-electron chi connectivity index (χ2n) is 5.26. The molecule has 0 N–H and O–H groups in total. The summed E-state index contributed by atoms with van der Waals surface area (Å²) in [5.74, 6) is -5.07. The molecule has 8 nitrogen and oxygen atoms in total. The van der Waals surface area contributed by atoms with Gasteiger partial charge in [0.25, 0.3) is 5.60 Å². The summed E-state index contributed by atoms with van der Waals surface area (Å²) >= 11 is 0. The molecule has 0 saturated heterocycles. The summed E-state index contributed by atoms with van der Waals surface area (Å²) in [6.07, 6.45) is 1.24. The normalized spacial score (nSPS) is 12.7. The number of ether oxygens (including phenoxy) is 3. The molecule has 0 radical (unpaired) electrons. The van der Waals surface area contributed by atoms with Crippen molar-refractivity contribution in [1.82, 2.24) is 0 Å². The molecule has 1 unspecified atom stereocenters. The molecule has 144 valence electrons. The number of rotatable bonds is 8. The maximum absolute atomic E-state index is 12.9. The second-order valence-corrected chi connectivity index (χ2v) is 5.26. The summed E-state index contributed by atoms with van der Waals surface area (Å²) in [5.41, 5.74) is -2.29. The highest BCUT2D eigenvalue weighted by Gasteiger charge is 2.50. The molecule has 0 saturated carbocycles. The van der Waals surface area contributed by atoms with Crippen molar-refractivity contribution in [3.05, 3.63) is 48.0 Å². The standard InChI is InChI=1S/C19H20O8/c1-4-19(18(24)26-13(3)20,17(23)14-9-7-6-8-10-14)27-16(22)12-11-15(21)25-5-2/h6-12H,4-5H2,1-3H3. The highest BCUT2D eigenvalue weighted by Crippen LogP contribution is 2.25. The van der Waals surface area contributed by atoms with E-state index in [4.69, 9.17) is 4.74 Å². The van der Waals surface area contributed by atoms with Gasteiger partial charge in [0.1, 0.15) is 0 Å². The largest absolute Gasteiger partial charge is 0.463 e. The smallest absolute Gasteiger partial charge is 0.366 e. The Balaban J connectivity index is 3.22. The predicted octanol–water partition coefficient (Wildman–Crippen LogP) is 1.77. The van der Waals surface area contributed by atoms with Crippen molar-refractivity contribution in [3.8, 4) is 0 Å². The van der Waals surface area contributed by atoms with Crippen molar-refractivity contribution in [2.45, 2.75) is 32.8 Å². The molecule has 0 amide bonds. The Morgan fingerprint density at radius 2 is 1.56 bits per heavy atom. The number of hydrogen-bond donors (Lipinski definition) is 0. The van der Waals surface area contributed by atoms with Crippen molar-refractivity contribution in [2.24, 2.45) is 0 Å². The van der Waals surface area contributed by atoms with Crippen LogP contribution in [0.25, 0.3) is 0 Å². The van der Waals surface area contributed by atoms with Crippen molar-refractivity contribution >= 4 is 29.7 Å². The van der Waals surface area contributed by atoms with Crippen LogP contribution >= 0.6 is 0 Å². The van der Waals surface area contributed by atoms with E-state index in [-0.39, 0.29) is 18.6 Å². The Morgan fingerprint density at radius 1 is 0.963 bits per heavy atom. The SMILES string of the molecule is CCOC(=O)C=CC(=O)OC(CC)(C(=O)OC(C)=O)C(=O)c1ccccc1. The first-order chi connectivity index (χ1) is 12.8. The van der Waals surface area contributed by atoms with Crippen LogP contribution in [0.5, 0.6) is 0 Å². The van der Waals surface area contributed by atoms with Gasteiger partial charge in [-0.15, -0.1) is 0 Å². The third-order valence-electron chi connectivity index (χ3n) is 3.38. The van der Waals surface area contributed by atoms with E-state index in [0.717, 1.165) is 19.1 Å². The van der Waals surface area contributed by atoms with Crippen molar-refractivity contribution in [2.75, 3.05) is 6.61 Å². The number of ketones is 1. The Hall–Kier alpha value is -3.29. The molecule has 8 heteroatoms. The minimum Gasteiger partial charge on any atom is -0.463 e. The summed E-state index contributed by atoms with van der Waals surface area (Å²) in [6, 6.07) is 7.64. The molecule has 0 aliphatic rings. The van der Waals surface area contributed by atoms with Gasteiger partial charge in [0, 0.05) is 31.1 Å². The lowest BCUT2D eigenvalue weighted by molar-refractivity contribution is -0.178. The monoisotopic (exact) mass is 376 g/mol. The maximum atomic E-state index is 12.9. The maximum Gasteiger partial charge on any atom is 0.366 e. The molecule has 1 aromatic rings. The van der Waals surface area contributed by atoms with Crippen molar-refractivity contribution in [1.29, 1.82) is 0 Å². The van der Waals surface area contributed by atoms with Gasteiger partial charge in [-0.3, -0.25) is 9.59 Å². The lowest BCUT2D eigenvalue weighted by atomic mass is 9.90. The van der Waals surface area contributed by atoms with E-state index in [1.54, 1.807) is 25.1 Å². The highest BCUT2D eigenvalue weighted by molar-refractivity contribution is 6.18. The Bertz CT molecular complexity index is 750. The molecular weight excluding hydrogens is 356 g/mol. The molecule has 0 aromatic heterocycles. The van der Waals surface area contributed by atoms with E-state index < -0.39 is 35.3 Å². The molecule has 0 bridgehead atoms. The Kier molecular flexibility index (Phi) is 8.06. The molecule has 0 fully saturated rings. The van der Waals surface area contributed by atoms with Crippen molar-refractivity contribution < 1.29 is 38.2 Å². The zero-order chi connectivity index (χ0) is 20.4. The van der Waals surface area contributed by atoms with E-state index >= 15 is 0 Å². The fraction of sp³-hybridized carbons (Fsp3) is 0.316. The minimum atomic E-state index is -2.37. The molecule has 1 aromatic carbocycles. The number of benzene rings is 1. The predicted molar refractivity (Wildman–Crippen MR) is 92.4 cm³/mol. The topological polar surface area (TPSA) is 113 Å². The van der Waals surface area contributed by atoms with Gasteiger partial charge in [-0.1, -0.05) is 37.3 Å². The fourth-order valence-electron chi connectivity index (χ4n) is 2.13. The summed E-state index contributed by atoms with van der Waals surface area (Å²) in [5, 5.41) is 0. The Labute approximate surface area is 156 Å². The minimum absolute atomic E-state index is 0.0852. The van der Waals surface area contributed by atoms with E-state index in [9.17, 15) is 24.0 Å². The highest BCUT2D eigenvalue weighted by atomic mass is 16.6. The van der Waals surface area contributed by atoms with Crippen LogP contribution in [0.1, 0.15) is 37.6 Å². The van der Waals surface area contributed by atoms with Gasteiger partial charge in [0.2, 0.25) is 5.78 Å². The van der Waals surface area contributed by atoms with E-state index in [2.05, 4.69) is 9.47 Å². The second kappa shape index (κ2) is 10.0. The first kappa shape index (κ1) is 21.8. The number of hydrogen-bond acceptors (Lipinski definition) is 8. The first-order valence-electron chi connectivity index (χ1n) is 8.17. The molecular formula is C19H20O8. The van der Waals surface area contributed by atoms with Crippen LogP contribution in [0.15, 0.2) is 42.5 Å². The summed E-state index contributed by atoms with van der Waals surface area (Å²) < 4.78 is 14.2. The molecule has 0 heterocycles. The van der Waals surface area contributed by atoms with Crippen LogP contribution in [0.4, 0.5) is 0 Å². The molecule has 0 aliphatic carbocycles. The average Bonchev–Trinajstić information content (AvgIpc) is 2.64. The van der Waals surface area contributed by atoms with E-state index in [1.807, 2.05) is 0 Å². The van der Waals surface area contributed by atoms with Crippen LogP contribution in [0, 0.1) is 0 Å². The molecule has 0 aliphatic heterocycles. The van der Waals surface area contributed by atoms with Crippen molar-refractivity contribution in [3.63, 3.8) is 0 Å². The van der Waals surface area contributed by atoms with Crippen LogP contribution in [-0.4, -0.2) is 41.9 Å². The van der Waals surface area contributed by atoms with Gasteiger partial charge in [-0.05, 0) is 6.92 Å². The molecule has 0 spiro atoms. The quantitative estimate of drug-likeness (QED) is 0.222. The van der Waals surface area contributed by atoms with Gasteiger partial charge in [-0.25, -0.2) is 14.4 Å². The Morgan fingerprint density at radius 3 is 2.07 bits per heavy atom. The van der Waals surface area contributed by atoms with Crippen LogP contribution in [0.2, 0.25) is 0 Å². The zero-order valence-electron chi connectivity index (χ0n) is 15.2. The third kappa shape index (κ3) is 5.88. The average molecular weight is 376 g/mol. The van der Waals surface area contributed by atoms with Crippen LogP contribution in [0.3, 0.4) is 0 Å². The van der Waals surface area contributed by atoms with Gasteiger partial charge < -0.3 is 14.2 Å². The lowest BCUT2D eigenvalue weighted by Crippen LogP contribution is -2.51. The lowest BCUT2D eigenvalue weighted by Gasteiger charge is -2.27. The molecule has 1 rings (SSSR count). The zero-order valence-corrected chi connectivity index (χ0v) is 15.2. The number of carbonyl (C=O) groups excluding carboxylic acids is 5. The summed E-state index contributed by atoms with van der Waals surface area (Å²) in [7, 11) is 0. The van der Waals surface area contributed by atoms with E-state index in [1.165, 1.54) is 19.1 Å². The number of Topliss-reactive ketones (excluding diaryl/α,β-unsaturated/α-hetero) is 1. The summed E-state index contributed by atoms with van der Waals surface area (Å²) in [4.78, 5) is 59.9. The molecule has 1 atom stereocenters. The van der Waals surface area contributed by atoms with Gasteiger partial charge in [0.15, 0.2) is 0 Å². The van der Waals surface area contributed by atoms with E-state index in [0.29, 0.717) is 0 Å². The van der Waals surface area contributed by atoms with Gasteiger partial charge in [0.05, 0.1) is 6.61 Å². The fourth-order valence-corrected chi connectivity index (χ4v) is 2.13. The summed E-state index contributed by atoms with van der Waals surface area (Å²) in [6.45, 7) is 4.09. The van der Waals surface area contributed by atoms with Gasteiger partial charge in [-0.2, -0.15) is 0 Å². The van der Waals surface area contributed by atoms with Crippen LogP contribution in [-0.2, 0) is 33.4 Å².